The Morgan fingerprint density at radius 2 is 1.92 bits per heavy atom. The van der Waals surface area contributed by atoms with Crippen LogP contribution in [0.5, 0.6) is 5.88 Å². The first kappa shape index (κ1) is 14.2. The summed E-state index contributed by atoms with van der Waals surface area (Å²) in [4.78, 5) is 19.4. The maximum absolute atomic E-state index is 12.5. The van der Waals surface area contributed by atoms with Gasteiger partial charge in [0.15, 0.2) is 0 Å². The number of H-pyrrole nitrogens is 1. The summed E-state index contributed by atoms with van der Waals surface area (Å²) in [5.41, 5.74) is 2.88. The van der Waals surface area contributed by atoms with E-state index in [4.69, 9.17) is 0 Å². The second-order valence-electron chi connectivity index (χ2n) is 5.48. The molecule has 0 radical (unpaired) electrons. The second kappa shape index (κ2) is 5.66. The fourth-order valence-electron chi connectivity index (χ4n) is 2.73. The maximum atomic E-state index is 12.5. The highest BCUT2D eigenvalue weighted by molar-refractivity contribution is 5.76. The molecule has 4 rings (SSSR count). The van der Waals surface area contributed by atoms with Crippen LogP contribution in [0.3, 0.4) is 0 Å². The van der Waals surface area contributed by atoms with Crippen LogP contribution in [0.2, 0.25) is 0 Å². The van der Waals surface area contributed by atoms with E-state index in [-0.39, 0.29) is 17.0 Å². The molecule has 2 N–H and O–H groups in total. The Hall–Kier alpha value is -3.41. The summed E-state index contributed by atoms with van der Waals surface area (Å²) in [6, 6.07) is 13.2. The lowest BCUT2D eigenvalue weighted by Gasteiger charge is -2.06. The molecular formula is C18H14N4O2. The summed E-state index contributed by atoms with van der Waals surface area (Å²) >= 11 is 0. The smallest absolute Gasteiger partial charge is 0.258 e. The van der Waals surface area contributed by atoms with Gasteiger partial charge < -0.3 is 10.1 Å². The second-order valence-corrected chi connectivity index (χ2v) is 5.48. The molecule has 0 aliphatic rings. The van der Waals surface area contributed by atoms with E-state index in [1.165, 1.54) is 4.52 Å². The van der Waals surface area contributed by atoms with Crippen molar-refractivity contribution in [2.45, 2.75) is 6.42 Å². The van der Waals surface area contributed by atoms with Gasteiger partial charge in [-0.25, -0.2) is 0 Å². The SMILES string of the molecule is O=c1[nH]c2c(-c3cccnc3)cnn2c(O)c1Cc1ccccc1. The highest BCUT2D eigenvalue weighted by Crippen LogP contribution is 2.25. The van der Waals surface area contributed by atoms with E-state index in [9.17, 15) is 9.90 Å². The van der Waals surface area contributed by atoms with Crippen LogP contribution < -0.4 is 5.56 Å². The standard InChI is InChI=1S/C18H14N4O2/c23-17-14(9-12-5-2-1-3-6-12)18(24)22-16(21-17)15(11-20-22)13-7-4-8-19-10-13/h1-8,10-11,24H,9H2,(H,21,23). The molecule has 1 aromatic carbocycles. The van der Waals surface area contributed by atoms with Gasteiger partial charge in [-0.2, -0.15) is 9.61 Å². The first-order valence-electron chi connectivity index (χ1n) is 7.50. The van der Waals surface area contributed by atoms with Crippen LogP contribution in [0.4, 0.5) is 0 Å². The van der Waals surface area contributed by atoms with Gasteiger partial charge in [0.1, 0.15) is 5.65 Å². The molecule has 0 saturated heterocycles. The van der Waals surface area contributed by atoms with Crippen LogP contribution >= 0.6 is 0 Å². The van der Waals surface area contributed by atoms with Crippen LogP contribution in [0.25, 0.3) is 16.8 Å². The third-order valence-electron chi connectivity index (χ3n) is 3.94. The average molecular weight is 318 g/mol. The molecule has 6 heteroatoms. The number of hydrogen-bond acceptors (Lipinski definition) is 4. The maximum Gasteiger partial charge on any atom is 0.258 e. The van der Waals surface area contributed by atoms with Crippen molar-refractivity contribution in [2.24, 2.45) is 0 Å². The van der Waals surface area contributed by atoms with E-state index < -0.39 is 0 Å². The number of hydrogen-bond donors (Lipinski definition) is 2. The highest BCUT2D eigenvalue weighted by atomic mass is 16.3. The average Bonchev–Trinajstić information content (AvgIpc) is 3.04. The van der Waals surface area contributed by atoms with Gasteiger partial charge in [-0.3, -0.25) is 9.78 Å². The molecule has 3 heterocycles. The number of nitrogens with zero attached hydrogens (tertiary/aromatic N) is 3. The van der Waals surface area contributed by atoms with Crippen molar-refractivity contribution in [2.75, 3.05) is 0 Å². The molecule has 0 spiro atoms. The van der Waals surface area contributed by atoms with Gasteiger partial charge in [0.25, 0.3) is 5.56 Å². The fourth-order valence-corrected chi connectivity index (χ4v) is 2.73. The van der Waals surface area contributed by atoms with Gasteiger partial charge >= 0.3 is 0 Å². The predicted octanol–water partition coefficient (Wildman–Crippen LogP) is 2.38. The van der Waals surface area contributed by atoms with Crippen LogP contribution in [-0.2, 0) is 6.42 Å². The molecule has 0 amide bonds. The molecule has 0 bridgehead atoms. The number of fused-ring (bicyclic) bond motifs is 1. The first-order valence-corrected chi connectivity index (χ1v) is 7.50. The zero-order valence-corrected chi connectivity index (χ0v) is 12.7. The van der Waals surface area contributed by atoms with E-state index in [1.807, 2.05) is 36.4 Å². The molecular weight excluding hydrogens is 304 g/mol. The van der Waals surface area contributed by atoms with Crippen LogP contribution in [0.15, 0.2) is 65.8 Å². The molecule has 6 nitrogen and oxygen atoms in total. The van der Waals surface area contributed by atoms with E-state index in [0.29, 0.717) is 17.6 Å². The molecule has 0 saturated carbocycles. The third kappa shape index (κ3) is 2.34. The third-order valence-corrected chi connectivity index (χ3v) is 3.94. The van der Waals surface area contributed by atoms with Crippen molar-refractivity contribution in [3.05, 3.63) is 82.5 Å². The lowest BCUT2D eigenvalue weighted by molar-refractivity contribution is 0.428. The number of aromatic nitrogens is 4. The van der Waals surface area contributed by atoms with Crippen molar-refractivity contribution >= 4 is 5.65 Å². The minimum Gasteiger partial charge on any atom is -0.493 e. The Balaban J connectivity index is 1.86. The largest absolute Gasteiger partial charge is 0.493 e. The number of pyridine rings is 1. The molecule has 24 heavy (non-hydrogen) atoms. The molecule has 118 valence electrons. The van der Waals surface area contributed by atoms with Crippen LogP contribution in [-0.4, -0.2) is 24.7 Å². The van der Waals surface area contributed by atoms with Gasteiger partial charge in [-0.05, 0) is 11.6 Å². The molecule has 0 atom stereocenters. The molecule has 0 aliphatic carbocycles. The molecule has 0 unspecified atom stereocenters. The highest BCUT2D eigenvalue weighted by Gasteiger charge is 2.16. The first-order chi connectivity index (χ1) is 11.7. The minimum absolute atomic E-state index is 0.146. The van der Waals surface area contributed by atoms with Crippen molar-refractivity contribution in [1.82, 2.24) is 19.6 Å². The van der Waals surface area contributed by atoms with Crippen molar-refractivity contribution in [3.8, 4) is 17.0 Å². The van der Waals surface area contributed by atoms with E-state index in [2.05, 4.69) is 15.1 Å². The number of rotatable bonds is 3. The van der Waals surface area contributed by atoms with Gasteiger partial charge in [0.05, 0.1) is 11.8 Å². The van der Waals surface area contributed by atoms with Crippen LogP contribution in [0, 0.1) is 0 Å². The number of nitrogens with one attached hydrogen (secondary N) is 1. The Kier molecular flexibility index (Phi) is 3.35. The van der Waals surface area contributed by atoms with E-state index in [1.54, 1.807) is 24.7 Å². The molecule has 4 aromatic rings. The predicted molar refractivity (Wildman–Crippen MR) is 90.0 cm³/mol. The summed E-state index contributed by atoms with van der Waals surface area (Å²) in [7, 11) is 0. The number of benzene rings is 1. The van der Waals surface area contributed by atoms with Crippen LogP contribution in [0.1, 0.15) is 11.1 Å². The summed E-state index contributed by atoms with van der Waals surface area (Å²) < 4.78 is 1.35. The summed E-state index contributed by atoms with van der Waals surface area (Å²) in [5.74, 6) is -0.146. The van der Waals surface area contributed by atoms with E-state index >= 15 is 0 Å². The topological polar surface area (TPSA) is 83.3 Å². The Bertz CT molecular complexity index is 1050. The van der Waals surface area contributed by atoms with Gasteiger partial charge in [0.2, 0.25) is 5.88 Å². The lowest BCUT2D eigenvalue weighted by atomic mass is 10.1. The Labute approximate surface area is 137 Å². The number of aromatic hydroxyl groups is 1. The Morgan fingerprint density at radius 3 is 2.67 bits per heavy atom. The lowest BCUT2D eigenvalue weighted by Crippen LogP contribution is -2.16. The van der Waals surface area contributed by atoms with Crippen molar-refractivity contribution in [1.29, 1.82) is 0 Å². The Morgan fingerprint density at radius 1 is 1.08 bits per heavy atom. The summed E-state index contributed by atoms with van der Waals surface area (Å²) in [6.07, 6.45) is 5.30. The zero-order valence-electron chi connectivity index (χ0n) is 12.7. The van der Waals surface area contributed by atoms with E-state index in [0.717, 1.165) is 11.1 Å². The minimum atomic E-state index is -0.325. The summed E-state index contributed by atoms with van der Waals surface area (Å²) in [6.45, 7) is 0. The van der Waals surface area contributed by atoms with Crippen molar-refractivity contribution in [3.63, 3.8) is 0 Å². The summed E-state index contributed by atoms with van der Waals surface area (Å²) in [5, 5.41) is 14.7. The van der Waals surface area contributed by atoms with Gasteiger partial charge in [-0.15, -0.1) is 0 Å². The molecule has 0 fully saturated rings. The molecule has 0 aliphatic heterocycles. The zero-order chi connectivity index (χ0) is 16.5. The quantitative estimate of drug-likeness (QED) is 0.607. The van der Waals surface area contributed by atoms with Crippen molar-refractivity contribution < 1.29 is 5.11 Å². The van der Waals surface area contributed by atoms with Gasteiger partial charge in [-0.1, -0.05) is 36.4 Å². The number of aromatic amines is 1. The fraction of sp³-hybridized carbons (Fsp3) is 0.0556. The molecule has 3 aromatic heterocycles. The van der Waals surface area contributed by atoms with Gasteiger partial charge in [0, 0.05) is 29.9 Å². The monoisotopic (exact) mass is 318 g/mol. The normalized spacial score (nSPS) is 11.0.